The molecule has 1 unspecified atom stereocenters. The smallest absolute Gasteiger partial charge is 0.270 e. The largest absolute Gasteiger partial charge is 0.396 e. The van der Waals surface area contributed by atoms with Crippen molar-refractivity contribution in [2.75, 3.05) is 13.2 Å². The SMILES string of the molecule is O=[N+]([O-])c1ccc(CN2CCCC2CCCO)c(Cl)c1. The van der Waals surface area contributed by atoms with Crippen LogP contribution in [0.25, 0.3) is 0 Å². The first-order valence-corrected chi connectivity index (χ1v) is 7.27. The molecule has 0 saturated carbocycles. The fraction of sp³-hybridized carbons (Fsp3) is 0.571. The maximum Gasteiger partial charge on any atom is 0.270 e. The zero-order chi connectivity index (χ0) is 14.5. The van der Waals surface area contributed by atoms with Gasteiger partial charge in [-0.3, -0.25) is 15.0 Å². The fourth-order valence-electron chi connectivity index (χ4n) is 2.75. The Kier molecular flexibility index (Phi) is 5.34. The number of nitrogens with zero attached hydrogens (tertiary/aromatic N) is 2. The highest BCUT2D eigenvalue weighted by Crippen LogP contribution is 2.28. The van der Waals surface area contributed by atoms with Crippen molar-refractivity contribution in [1.29, 1.82) is 0 Å². The second-order valence-electron chi connectivity index (χ2n) is 5.17. The summed E-state index contributed by atoms with van der Waals surface area (Å²) in [5.74, 6) is 0. The Morgan fingerprint density at radius 3 is 2.95 bits per heavy atom. The van der Waals surface area contributed by atoms with Gasteiger partial charge < -0.3 is 5.11 Å². The van der Waals surface area contributed by atoms with E-state index in [-0.39, 0.29) is 12.3 Å². The summed E-state index contributed by atoms with van der Waals surface area (Å²) in [7, 11) is 0. The van der Waals surface area contributed by atoms with Gasteiger partial charge in [0.2, 0.25) is 0 Å². The number of nitro benzene ring substituents is 1. The van der Waals surface area contributed by atoms with Crippen LogP contribution in [0.1, 0.15) is 31.2 Å². The first-order valence-electron chi connectivity index (χ1n) is 6.89. The molecule has 1 heterocycles. The molecule has 5 nitrogen and oxygen atoms in total. The highest BCUT2D eigenvalue weighted by atomic mass is 35.5. The Hall–Kier alpha value is -1.17. The van der Waals surface area contributed by atoms with Crippen LogP contribution in [0.4, 0.5) is 5.69 Å². The number of likely N-dealkylation sites (tertiary alicyclic amines) is 1. The Balaban J connectivity index is 2.03. The minimum absolute atomic E-state index is 0.0250. The van der Waals surface area contributed by atoms with Crippen molar-refractivity contribution in [3.63, 3.8) is 0 Å². The van der Waals surface area contributed by atoms with Gasteiger partial charge in [0.1, 0.15) is 0 Å². The molecule has 1 saturated heterocycles. The molecule has 6 heteroatoms. The van der Waals surface area contributed by atoms with Crippen molar-refractivity contribution in [2.24, 2.45) is 0 Å². The van der Waals surface area contributed by atoms with Gasteiger partial charge in [0.25, 0.3) is 5.69 Å². The molecule has 0 aromatic heterocycles. The van der Waals surface area contributed by atoms with E-state index in [1.807, 2.05) is 0 Å². The third kappa shape index (κ3) is 3.69. The van der Waals surface area contributed by atoms with Gasteiger partial charge >= 0.3 is 0 Å². The summed E-state index contributed by atoms with van der Waals surface area (Å²) >= 11 is 6.13. The molecular weight excluding hydrogens is 280 g/mol. The predicted octanol–water partition coefficient (Wildman–Crippen LogP) is 2.99. The number of aliphatic hydroxyl groups is 1. The number of hydrogen-bond acceptors (Lipinski definition) is 4. The third-order valence-corrected chi connectivity index (χ3v) is 4.17. The average Bonchev–Trinajstić information content (AvgIpc) is 2.85. The molecule has 110 valence electrons. The minimum atomic E-state index is -0.435. The number of hydrogen-bond donors (Lipinski definition) is 1. The van der Waals surface area contributed by atoms with Crippen LogP contribution < -0.4 is 0 Å². The summed E-state index contributed by atoms with van der Waals surface area (Å²) in [6.45, 7) is 1.96. The van der Waals surface area contributed by atoms with E-state index in [2.05, 4.69) is 4.90 Å². The van der Waals surface area contributed by atoms with E-state index < -0.39 is 4.92 Å². The van der Waals surface area contributed by atoms with Crippen molar-refractivity contribution < 1.29 is 10.0 Å². The number of non-ortho nitro benzene ring substituents is 1. The summed E-state index contributed by atoms with van der Waals surface area (Å²) in [6, 6.07) is 5.13. The molecule has 0 amide bonds. The highest BCUT2D eigenvalue weighted by molar-refractivity contribution is 6.31. The fourth-order valence-corrected chi connectivity index (χ4v) is 2.99. The molecule has 20 heavy (non-hydrogen) atoms. The minimum Gasteiger partial charge on any atom is -0.396 e. The monoisotopic (exact) mass is 298 g/mol. The average molecular weight is 299 g/mol. The Bertz CT molecular complexity index is 481. The van der Waals surface area contributed by atoms with Gasteiger partial charge in [0.05, 0.1) is 9.95 Å². The second kappa shape index (κ2) is 7.02. The summed E-state index contributed by atoms with van der Waals surface area (Å²) in [6.07, 6.45) is 4.10. The molecule has 1 aliphatic rings. The summed E-state index contributed by atoms with van der Waals surface area (Å²) in [4.78, 5) is 12.6. The lowest BCUT2D eigenvalue weighted by molar-refractivity contribution is -0.384. The molecule has 0 spiro atoms. The van der Waals surface area contributed by atoms with Crippen molar-refractivity contribution >= 4 is 17.3 Å². The molecule has 1 atom stereocenters. The van der Waals surface area contributed by atoms with Crippen LogP contribution in [0.3, 0.4) is 0 Å². The lowest BCUT2D eigenvalue weighted by Crippen LogP contribution is -2.29. The van der Waals surface area contributed by atoms with Crippen LogP contribution in [0.2, 0.25) is 5.02 Å². The first kappa shape index (κ1) is 15.2. The van der Waals surface area contributed by atoms with Crippen molar-refractivity contribution in [2.45, 2.75) is 38.3 Å². The van der Waals surface area contributed by atoms with Gasteiger partial charge in [0, 0.05) is 31.3 Å². The molecule has 1 aromatic rings. The van der Waals surface area contributed by atoms with E-state index >= 15 is 0 Å². The molecule has 1 aliphatic heterocycles. The zero-order valence-corrected chi connectivity index (χ0v) is 12.1. The zero-order valence-electron chi connectivity index (χ0n) is 11.3. The third-order valence-electron chi connectivity index (χ3n) is 3.82. The molecule has 0 aliphatic carbocycles. The van der Waals surface area contributed by atoms with Crippen molar-refractivity contribution in [1.82, 2.24) is 4.90 Å². The van der Waals surface area contributed by atoms with Crippen LogP contribution in [-0.2, 0) is 6.54 Å². The van der Waals surface area contributed by atoms with Crippen LogP contribution in [0.15, 0.2) is 18.2 Å². The predicted molar refractivity (Wildman–Crippen MR) is 77.9 cm³/mol. The quantitative estimate of drug-likeness (QED) is 0.647. The van der Waals surface area contributed by atoms with E-state index in [0.29, 0.717) is 17.6 Å². The summed E-state index contributed by atoms with van der Waals surface area (Å²) in [5, 5.41) is 20.1. The highest BCUT2D eigenvalue weighted by Gasteiger charge is 2.24. The Labute approximate surface area is 123 Å². The van der Waals surface area contributed by atoms with Crippen molar-refractivity contribution in [3.05, 3.63) is 38.9 Å². The van der Waals surface area contributed by atoms with E-state index in [1.165, 1.54) is 12.1 Å². The van der Waals surface area contributed by atoms with Crippen LogP contribution >= 0.6 is 11.6 Å². The van der Waals surface area contributed by atoms with E-state index in [0.717, 1.165) is 37.8 Å². The van der Waals surface area contributed by atoms with Gasteiger partial charge in [-0.1, -0.05) is 11.6 Å². The number of benzene rings is 1. The number of rotatable bonds is 6. The maximum absolute atomic E-state index is 10.7. The number of halogens is 1. The standard InChI is InChI=1S/C14H19ClN2O3/c15-14-9-13(17(19)20)6-5-11(14)10-16-7-1-3-12(16)4-2-8-18/h5-6,9,12,18H,1-4,7-8,10H2. The second-order valence-corrected chi connectivity index (χ2v) is 5.57. The molecule has 2 rings (SSSR count). The van der Waals surface area contributed by atoms with E-state index in [1.54, 1.807) is 6.07 Å². The molecular formula is C14H19ClN2O3. The first-order chi connectivity index (χ1) is 9.61. The maximum atomic E-state index is 10.7. The molecule has 1 N–H and O–H groups in total. The molecule has 0 radical (unpaired) electrons. The van der Waals surface area contributed by atoms with Gasteiger partial charge in [-0.25, -0.2) is 0 Å². The molecule has 0 bridgehead atoms. The number of aliphatic hydroxyl groups excluding tert-OH is 1. The summed E-state index contributed by atoms with van der Waals surface area (Å²) in [5.41, 5.74) is 0.949. The Morgan fingerprint density at radius 2 is 2.30 bits per heavy atom. The molecule has 1 aromatic carbocycles. The Morgan fingerprint density at radius 1 is 1.50 bits per heavy atom. The van der Waals surface area contributed by atoms with Crippen LogP contribution in [0.5, 0.6) is 0 Å². The number of nitro groups is 1. The lowest BCUT2D eigenvalue weighted by atomic mass is 10.1. The van der Waals surface area contributed by atoms with Crippen LogP contribution in [-0.4, -0.2) is 34.1 Å². The molecule has 1 fully saturated rings. The van der Waals surface area contributed by atoms with Gasteiger partial charge in [-0.15, -0.1) is 0 Å². The normalized spacial score (nSPS) is 19.4. The summed E-state index contributed by atoms with van der Waals surface area (Å²) < 4.78 is 0. The lowest BCUT2D eigenvalue weighted by Gasteiger charge is -2.24. The van der Waals surface area contributed by atoms with Gasteiger partial charge in [0.15, 0.2) is 0 Å². The van der Waals surface area contributed by atoms with Gasteiger partial charge in [-0.05, 0) is 43.9 Å². The van der Waals surface area contributed by atoms with E-state index in [4.69, 9.17) is 16.7 Å². The van der Waals surface area contributed by atoms with E-state index in [9.17, 15) is 10.1 Å². The topological polar surface area (TPSA) is 66.6 Å². The van der Waals surface area contributed by atoms with Crippen LogP contribution in [0, 0.1) is 10.1 Å². The van der Waals surface area contributed by atoms with Crippen molar-refractivity contribution in [3.8, 4) is 0 Å². The van der Waals surface area contributed by atoms with Gasteiger partial charge in [-0.2, -0.15) is 0 Å².